The van der Waals surface area contributed by atoms with Crippen LogP contribution in [-0.4, -0.2) is 42.8 Å². The van der Waals surface area contributed by atoms with Crippen LogP contribution in [0.15, 0.2) is 30.5 Å². The molecule has 1 amide bonds. The molecule has 0 spiro atoms. The smallest absolute Gasteiger partial charge is 0.255 e. The number of carbonyl (C=O) groups excluding carboxylic acids is 1. The summed E-state index contributed by atoms with van der Waals surface area (Å²) in [5.74, 6) is 2.05. The van der Waals surface area contributed by atoms with Gasteiger partial charge >= 0.3 is 0 Å². The molecule has 2 aliphatic heterocycles. The first-order chi connectivity index (χ1) is 12.3. The Labute approximate surface area is 146 Å². The molecule has 0 N–H and O–H groups in total. The number of pyridine rings is 1. The molecule has 1 fully saturated rings. The number of carbonyl (C=O) groups is 1. The van der Waals surface area contributed by atoms with E-state index in [2.05, 4.69) is 4.98 Å². The van der Waals surface area contributed by atoms with Gasteiger partial charge in [0.1, 0.15) is 5.75 Å². The molecule has 1 saturated heterocycles. The van der Waals surface area contributed by atoms with E-state index in [0.717, 1.165) is 37.2 Å². The van der Waals surface area contributed by atoms with E-state index in [-0.39, 0.29) is 12.7 Å². The van der Waals surface area contributed by atoms with Gasteiger partial charge in [0, 0.05) is 30.9 Å². The number of piperidine rings is 1. The third-order valence-electron chi connectivity index (χ3n) is 4.62. The van der Waals surface area contributed by atoms with E-state index in [1.165, 1.54) is 6.42 Å². The average molecular weight is 340 g/mol. The Hall–Kier alpha value is -2.76. The van der Waals surface area contributed by atoms with Crippen LogP contribution in [0.25, 0.3) is 11.3 Å². The fraction of sp³-hybridized carbons (Fsp3) is 0.368. The molecule has 0 unspecified atom stereocenters. The SMILES string of the molecule is COc1cc2c(cc1-c1ccc(C(=O)N3CCCCC3)cn1)OCO2. The number of ether oxygens (including phenoxy) is 3. The molecule has 3 heterocycles. The quantitative estimate of drug-likeness (QED) is 0.859. The Morgan fingerprint density at radius 2 is 1.88 bits per heavy atom. The van der Waals surface area contributed by atoms with Crippen molar-refractivity contribution in [3.8, 4) is 28.5 Å². The first kappa shape index (κ1) is 15.7. The summed E-state index contributed by atoms with van der Waals surface area (Å²) in [6, 6.07) is 7.32. The number of nitrogens with zero attached hydrogens (tertiary/aromatic N) is 2. The van der Waals surface area contributed by atoms with Crippen LogP contribution >= 0.6 is 0 Å². The Kier molecular flexibility index (Phi) is 4.17. The zero-order valence-corrected chi connectivity index (χ0v) is 14.2. The normalized spacial score (nSPS) is 16.0. The number of benzene rings is 1. The second-order valence-corrected chi connectivity index (χ2v) is 6.19. The van der Waals surface area contributed by atoms with Gasteiger partial charge in [0.2, 0.25) is 6.79 Å². The number of hydrogen-bond acceptors (Lipinski definition) is 5. The van der Waals surface area contributed by atoms with Crippen LogP contribution in [0.2, 0.25) is 0 Å². The molecule has 6 heteroatoms. The van der Waals surface area contributed by atoms with Crippen LogP contribution in [0, 0.1) is 0 Å². The maximum absolute atomic E-state index is 12.5. The van der Waals surface area contributed by atoms with Crippen molar-refractivity contribution in [2.45, 2.75) is 19.3 Å². The largest absolute Gasteiger partial charge is 0.496 e. The average Bonchev–Trinajstić information content (AvgIpc) is 3.14. The van der Waals surface area contributed by atoms with Crippen LogP contribution in [0.5, 0.6) is 17.2 Å². The first-order valence-corrected chi connectivity index (χ1v) is 8.49. The third kappa shape index (κ3) is 2.99. The lowest BCUT2D eigenvalue weighted by Gasteiger charge is -2.26. The number of amides is 1. The summed E-state index contributed by atoms with van der Waals surface area (Å²) in [5, 5.41) is 0. The van der Waals surface area contributed by atoms with Gasteiger partial charge in [-0.1, -0.05) is 0 Å². The molecule has 6 nitrogen and oxygen atoms in total. The van der Waals surface area contributed by atoms with E-state index in [1.807, 2.05) is 23.1 Å². The van der Waals surface area contributed by atoms with E-state index in [4.69, 9.17) is 14.2 Å². The summed E-state index contributed by atoms with van der Waals surface area (Å²) in [4.78, 5) is 18.9. The van der Waals surface area contributed by atoms with Crippen LogP contribution in [0.1, 0.15) is 29.6 Å². The van der Waals surface area contributed by atoms with Crippen molar-refractivity contribution < 1.29 is 19.0 Å². The van der Waals surface area contributed by atoms with Crippen molar-refractivity contribution in [2.75, 3.05) is 27.0 Å². The maximum atomic E-state index is 12.5. The van der Waals surface area contributed by atoms with Gasteiger partial charge in [-0.25, -0.2) is 0 Å². The highest BCUT2D eigenvalue weighted by Crippen LogP contribution is 2.41. The van der Waals surface area contributed by atoms with Gasteiger partial charge in [-0.05, 0) is 37.5 Å². The second kappa shape index (κ2) is 6.63. The van der Waals surface area contributed by atoms with Crippen LogP contribution in [-0.2, 0) is 0 Å². The molecule has 0 saturated carbocycles. The highest BCUT2D eigenvalue weighted by atomic mass is 16.7. The van der Waals surface area contributed by atoms with Crippen molar-refractivity contribution in [3.05, 3.63) is 36.0 Å². The Balaban J connectivity index is 1.61. The summed E-state index contributed by atoms with van der Waals surface area (Å²) in [6.07, 6.45) is 4.98. The molecule has 2 aliphatic rings. The predicted octanol–water partition coefficient (Wildman–Crippen LogP) is 3.11. The molecular weight excluding hydrogens is 320 g/mol. The third-order valence-corrected chi connectivity index (χ3v) is 4.62. The molecule has 25 heavy (non-hydrogen) atoms. The van der Waals surface area contributed by atoms with Gasteiger partial charge in [-0.2, -0.15) is 0 Å². The van der Waals surface area contributed by atoms with Gasteiger partial charge in [0.05, 0.1) is 18.4 Å². The van der Waals surface area contributed by atoms with Gasteiger partial charge in [0.15, 0.2) is 11.5 Å². The highest BCUT2D eigenvalue weighted by molar-refractivity contribution is 5.94. The van der Waals surface area contributed by atoms with Crippen molar-refractivity contribution in [2.24, 2.45) is 0 Å². The van der Waals surface area contributed by atoms with Crippen molar-refractivity contribution in [1.82, 2.24) is 9.88 Å². The lowest BCUT2D eigenvalue weighted by atomic mass is 10.1. The predicted molar refractivity (Wildman–Crippen MR) is 92.1 cm³/mol. The first-order valence-electron chi connectivity index (χ1n) is 8.49. The topological polar surface area (TPSA) is 60.9 Å². The van der Waals surface area contributed by atoms with Crippen LogP contribution in [0.4, 0.5) is 0 Å². The summed E-state index contributed by atoms with van der Waals surface area (Å²) in [6.45, 7) is 1.87. The fourth-order valence-electron chi connectivity index (χ4n) is 3.25. The van der Waals surface area contributed by atoms with Crippen molar-refractivity contribution in [1.29, 1.82) is 0 Å². The lowest BCUT2D eigenvalue weighted by molar-refractivity contribution is 0.0724. The maximum Gasteiger partial charge on any atom is 0.255 e. The van der Waals surface area contributed by atoms with Crippen molar-refractivity contribution in [3.63, 3.8) is 0 Å². The van der Waals surface area contributed by atoms with Gasteiger partial charge in [0.25, 0.3) is 5.91 Å². The molecular formula is C19H20N2O4. The zero-order chi connectivity index (χ0) is 17.2. The minimum Gasteiger partial charge on any atom is -0.496 e. The van der Waals surface area contributed by atoms with E-state index >= 15 is 0 Å². The fourth-order valence-corrected chi connectivity index (χ4v) is 3.25. The summed E-state index contributed by atoms with van der Waals surface area (Å²) in [7, 11) is 1.61. The van der Waals surface area contributed by atoms with Crippen LogP contribution in [0.3, 0.4) is 0 Å². The number of hydrogen-bond donors (Lipinski definition) is 0. The van der Waals surface area contributed by atoms with E-state index < -0.39 is 0 Å². The van der Waals surface area contributed by atoms with Gasteiger partial charge < -0.3 is 19.1 Å². The van der Waals surface area contributed by atoms with E-state index in [0.29, 0.717) is 22.8 Å². The molecule has 0 atom stereocenters. The standard InChI is InChI=1S/C19H20N2O4/c1-23-16-10-18-17(24-12-25-18)9-14(16)15-6-5-13(11-20-15)19(22)21-7-3-2-4-8-21/h5-6,9-11H,2-4,7-8,12H2,1H3. The Bertz CT molecular complexity index is 783. The Morgan fingerprint density at radius 3 is 2.56 bits per heavy atom. The number of aromatic nitrogens is 1. The minimum atomic E-state index is 0.0522. The summed E-state index contributed by atoms with van der Waals surface area (Å²) < 4.78 is 16.3. The number of likely N-dealkylation sites (tertiary alicyclic amines) is 1. The lowest BCUT2D eigenvalue weighted by Crippen LogP contribution is -2.35. The zero-order valence-electron chi connectivity index (χ0n) is 14.2. The van der Waals surface area contributed by atoms with Crippen molar-refractivity contribution >= 4 is 5.91 Å². The van der Waals surface area contributed by atoms with Gasteiger partial charge in [-0.15, -0.1) is 0 Å². The summed E-state index contributed by atoms with van der Waals surface area (Å²) >= 11 is 0. The molecule has 130 valence electrons. The molecule has 1 aromatic carbocycles. The second-order valence-electron chi connectivity index (χ2n) is 6.19. The molecule has 0 aliphatic carbocycles. The Morgan fingerprint density at radius 1 is 1.12 bits per heavy atom. The molecule has 1 aromatic heterocycles. The summed E-state index contributed by atoms with van der Waals surface area (Å²) in [5.41, 5.74) is 2.15. The monoisotopic (exact) mass is 340 g/mol. The highest BCUT2D eigenvalue weighted by Gasteiger charge is 2.21. The number of methoxy groups -OCH3 is 1. The number of fused-ring (bicyclic) bond motifs is 1. The molecule has 0 radical (unpaired) electrons. The van der Waals surface area contributed by atoms with Crippen LogP contribution < -0.4 is 14.2 Å². The van der Waals surface area contributed by atoms with E-state index in [1.54, 1.807) is 19.4 Å². The van der Waals surface area contributed by atoms with E-state index in [9.17, 15) is 4.79 Å². The molecule has 4 rings (SSSR count). The van der Waals surface area contributed by atoms with Gasteiger partial charge in [-0.3, -0.25) is 9.78 Å². The number of rotatable bonds is 3. The minimum absolute atomic E-state index is 0.0522. The molecule has 2 aromatic rings. The molecule has 0 bridgehead atoms.